The fourth-order valence-corrected chi connectivity index (χ4v) is 5.59. The van der Waals surface area contributed by atoms with Crippen LogP contribution in [-0.4, -0.2) is 59.7 Å². The van der Waals surface area contributed by atoms with Gasteiger partial charge >= 0.3 is 5.97 Å². The molecule has 1 fully saturated rings. The number of rotatable bonds is 9. The largest absolute Gasteiger partial charge is 0.461 e. The number of aryl methyl sites for hydroxylation is 1. The standard InChI is InChI=1S/C29H31N9O3S/c1-19(2)24-18-42-27(31-24)10-7-21-11-15-37-26(16-21)32-28(36-13-4-6-22(17-36)41-20(3)39)23(29(37)40)8-9-25-33-34-35-38(25)14-5-12-30/h7-11,15-16,18-19,22H,4-6,13-14,17H2,1-3H3. The molecule has 216 valence electrons. The van der Waals surface area contributed by atoms with E-state index in [0.29, 0.717) is 48.4 Å². The summed E-state index contributed by atoms with van der Waals surface area (Å²) < 4.78 is 8.52. The summed E-state index contributed by atoms with van der Waals surface area (Å²) >= 11 is 1.59. The number of aromatic nitrogens is 7. The minimum Gasteiger partial charge on any atom is -0.461 e. The molecule has 1 unspecified atom stereocenters. The third-order valence-corrected chi connectivity index (χ3v) is 7.65. The molecule has 4 aromatic heterocycles. The van der Waals surface area contributed by atoms with Crippen molar-refractivity contribution in [2.75, 3.05) is 18.0 Å². The summed E-state index contributed by atoms with van der Waals surface area (Å²) in [5.74, 6) is 0.935. The van der Waals surface area contributed by atoms with Gasteiger partial charge in [-0.05, 0) is 65.1 Å². The van der Waals surface area contributed by atoms with E-state index in [1.54, 1.807) is 29.7 Å². The van der Waals surface area contributed by atoms with Crippen LogP contribution in [0.5, 0.6) is 0 Å². The molecule has 0 aromatic carbocycles. The molecule has 0 amide bonds. The molecule has 12 nitrogen and oxygen atoms in total. The summed E-state index contributed by atoms with van der Waals surface area (Å²) in [6.07, 6.45) is 10.4. The number of piperidine rings is 1. The van der Waals surface area contributed by atoms with Gasteiger partial charge in [0, 0.05) is 25.0 Å². The van der Waals surface area contributed by atoms with Crippen molar-refractivity contribution in [2.24, 2.45) is 0 Å². The number of thiazole rings is 1. The molecule has 5 heterocycles. The maximum atomic E-state index is 13.9. The molecule has 1 aliphatic rings. The van der Waals surface area contributed by atoms with E-state index in [0.717, 1.165) is 29.1 Å². The van der Waals surface area contributed by atoms with Crippen LogP contribution in [0.2, 0.25) is 0 Å². The fourth-order valence-electron chi connectivity index (χ4n) is 4.72. The van der Waals surface area contributed by atoms with Crippen LogP contribution in [0.3, 0.4) is 0 Å². The number of hydrogen-bond donors (Lipinski definition) is 0. The average Bonchev–Trinajstić information content (AvgIpc) is 3.64. The molecule has 1 aliphatic heterocycles. The second-order valence-corrected chi connectivity index (χ2v) is 11.2. The Labute approximate surface area is 246 Å². The van der Waals surface area contributed by atoms with Gasteiger partial charge in [0.1, 0.15) is 22.6 Å². The Morgan fingerprint density at radius 2 is 2.12 bits per heavy atom. The Bertz CT molecular complexity index is 1740. The lowest BCUT2D eigenvalue weighted by molar-refractivity contribution is -0.146. The van der Waals surface area contributed by atoms with Crippen LogP contribution in [0.4, 0.5) is 5.82 Å². The molecule has 1 saturated heterocycles. The molecule has 0 radical (unpaired) electrons. The predicted molar refractivity (Wildman–Crippen MR) is 161 cm³/mol. The van der Waals surface area contributed by atoms with Crippen LogP contribution < -0.4 is 10.5 Å². The molecule has 42 heavy (non-hydrogen) atoms. The summed E-state index contributed by atoms with van der Waals surface area (Å²) in [5.41, 5.74) is 2.53. The highest BCUT2D eigenvalue weighted by atomic mass is 32.1. The monoisotopic (exact) mass is 585 g/mol. The summed E-state index contributed by atoms with van der Waals surface area (Å²) in [6, 6.07) is 5.80. The van der Waals surface area contributed by atoms with Gasteiger partial charge in [0.2, 0.25) is 0 Å². The van der Waals surface area contributed by atoms with Crippen molar-refractivity contribution < 1.29 is 9.53 Å². The van der Waals surface area contributed by atoms with E-state index in [4.69, 9.17) is 15.0 Å². The van der Waals surface area contributed by atoms with Crippen molar-refractivity contribution in [3.05, 3.63) is 61.7 Å². The number of hydrogen-bond acceptors (Lipinski definition) is 11. The first kappa shape index (κ1) is 28.8. The molecule has 13 heteroatoms. The Morgan fingerprint density at radius 3 is 2.88 bits per heavy atom. The second kappa shape index (κ2) is 12.9. The van der Waals surface area contributed by atoms with Gasteiger partial charge in [-0.3, -0.25) is 14.0 Å². The lowest BCUT2D eigenvalue weighted by atomic mass is 10.1. The predicted octanol–water partition coefficient (Wildman–Crippen LogP) is 4.05. The van der Waals surface area contributed by atoms with Gasteiger partial charge < -0.3 is 9.64 Å². The van der Waals surface area contributed by atoms with Crippen LogP contribution >= 0.6 is 11.3 Å². The van der Waals surface area contributed by atoms with Gasteiger partial charge in [-0.25, -0.2) is 14.6 Å². The number of carbonyl (C=O) groups is 1. The molecule has 0 spiro atoms. The summed E-state index contributed by atoms with van der Waals surface area (Å²) in [7, 11) is 0. The van der Waals surface area contributed by atoms with Crippen molar-refractivity contribution >= 4 is 53.1 Å². The highest BCUT2D eigenvalue weighted by molar-refractivity contribution is 7.10. The fraction of sp³-hybridized carbons (Fsp3) is 0.379. The molecule has 0 N–H and O–H groups in total. The quantitative estimate of drug-likeness (QED) is 0.264. The molecule has 0 aliphatic carbocycles. The van der Waals surface area contributed by atoms with Gasteiger partial charge in [0.25, 0.3) is 5.56 Å². The maximum absolute atomic E-state index is 13.9. The number of nitrogens with zero attached hydrogens (tertiary/aromatic N) is 9. The van der Waals surface area contributed by atoms with Gasteiger partial charge in [0.15, 0.2) is 5.82 Å². The molecule has 4 aromatic rings. The van der Waals surface area contributed by atoms with Crippen molar-refractivity contribution in [1.82, 2.24) is 34.6 Å². The first-order valence-corrected chi connectivity index (χ1v) is 14.6. The highest BCUT2D eigenvalue weighted by Gasteiger charge is 2.26. The zero-order chi connectivity index (χ0) is 29.6. The van der Waals surface area contributed by atoms with Gasteiger partial charge in [-0.1, -0.05) is 19.9 Å². The molecule has 0 saturated carbocycles. The average molecular weight is 586 g/mol. The third kappa shape index (κ3) is 6.60. The zero-order valence-electron chi connectivity index (χ0n) is 23.7. The van der Waals surface area contributed by atoms with E-state index in [1.165, 1.54) is 16.0 Å². The lowest BCUT2D eigenvalue weighted by Gasteiger charge is -2.33. The summed E-state index contributed by atoms with van der Waals surface area (Å²) in [6.45, 7) is 7.03. The van der Waals surface area contributed by atoms with Gasteiger partial charge in [0.05, 0.1) is 36.8 Å². The van der Waals surface area contributed by atoms with Crippen molar-refractivity contribution in [3.63, 3.8) is 0 Å². The molecular weight excluding hydrogens is 554 g/mol. The van der Waals surface area contributed by atoms with Crippen molar-refractivity contribution in [1.29, 1.82) is 5.26 Å². The first-order chi connectivity index (χ1) is 20.3. The molecule has 0 bridgehead atoms. The second-order valence-electron chi connectivity index (χ2n) is 10.3. The van der Waals surface area contributed by atoms with Crippen LogP contribution in [0.1, 0.15) is 73.6 Å². The first-order valence-electron chi connectivity index (χ1n) is 13.8. The van der Waals surface area contributed by atoms with Crippen LogP contribution in [-0.2, 0) is 16.1 Å². The van der Waals surface area contributed by atoms with Crippen LogP contribution in [0.25, 0.3) is 30.0 Å². The summed E-state index contributed by atoms with van der Waals surface area (Å²) in [4.78, 5) is 37.1. The number of esters is 1. The Kier molecular flexibility index (Phi) is 8.83. The molecular formula is C29H31N9O3S. The number of pyridine rings is 1. The number of nitriles is 1. The summed E-state index contributed by atoms with van der Waals surface area (Å²) in [5, 5.41) is 23.6. The Hall–Kier alpha value is -4.70. The minimum absolute atomic E-state index is 0.251. The number of anilines is 1. The van der Waals surface area contributed by atoms with E-state index in [1.807, 2.05) is 29.2 Å². The van der Waals surface area contributed by atoms with Crippen molar-refractivity contribution in [3.8, 4) is 6.07 Å². The van der Waals surface area contributed by atoms with E-state index in [-0.39, 0.29) is 24.1 Å². The zero-order valence-corrected chi connectivity index (χ0v) is 24.5. The Balaban J connectivity index is 1.54. The van der Waals surface area contributed by atoms with Crippen LogP contribution in [0, 0.1) is 11.3 Å². The van der Waals surface area contributed by atoms with E-state index in [9.17, 15) is 9.59 Å². The highest BCUT2D eigenvalue weighted by Crippen LogP contribution is 2.25. The number of ether oxygens (including phenoxy) is 1. The normalized spacial score (nSPS) is 15.7. The minimum atomic E-state index is -0.338. The molecule has 5 rings (SSSR count). The topological polar surface area (TPSA) is 144 Å². The van der Waals surface area contributed by atoms with Gasteiger partial charge in [-0.2, -0.15) is 5.26 Å². The number of carbonyl (C=O) groups excluding carboxylic acids is 1. The maximum Gasteiger partial charge on any atom is 0.302 e. The van der Waals surface area contributed by atoms with Gasteiger partial charge in [-0.15, -0.1) is 16.4 Å². The van der Waals surface area contributed by atoms with E-state index in [2.05, 4.69) is 45.8 Å². The third-order valence-electron chi connectivity index (χ3n) is 6.82. The van der Waals surface area contributed by atoms with E-state index < -0.39 is 0 Å². The van der Waals surface area contributed by atoms with E-state index >= 15 is 0 Å². The van der Waals surface area contributed by atoms with Crippen molar-refractivity contribution in [2.45, 2.75) is 58.6 Å². The smallest absolute Gasteiger partial charge is 0.302 e. The Morgan fingerprint density at radius 1 is 1.26 bits per heavy atom. The number of fused-ring (bicyclic) bond motifs is 1. The molecule has 1 atom stereocenters. The lowest BCUT2D eigenvalue weighted by Crippen LogP contribution is -2.42. The number of tetrazole rings is 1. The SMILES string of the molecule is CC(=O)OC1CCCN(c2nc3cc(C=Cc4nc(C(C)C)cs4)ccn3c(=O)c2C=Cc2nnnn2CCC#N)C1. The van der Waals surface area contributed by atoms with Crippen LogP contribution in [0.15, 0.2) is 28.5 Å².